The van der Waals surface area contributed by atoms with Crippen molar-refractivity contribution in [3.8, 4) is 0 Å². The molecule has 0 amide bonds. The summed E-state index contributed by atoms with van der Waals surface area (Å²) in [6.07, 6.45) is 44.2. The largest absolute Gasteiger partial charge is 0.857 e. The third-order valence-electron chi connectivity index (χ3n) is 15.8. The van der Waals surface area contributed by atoms with Crippen molar-refractivity contribution < 1.29 is 55.3 Å². The summed E-state index contributed by atoms with van der Waals surface area (Å²) in [5.41, 5.74) is 0. The molecule has 0 aliphatic heterocycles. The van der Waals surface area contributed by atoms with Crippen LogP contribution in [0, 0.1) is 0 Å². The Kier molecular flexibility index (Phi) is 99.4. The number of nitrogens with zero attached hydrogens (tertiary/aromatic N) is 4. The third kappa shape index (κ3) is 71.9. The zero-order valence-corrected chi connectivity index (χ0v) is 57.2. The Labute approximate surface area is 505 Å². The highest BCUT2D eigenvalue weighted by molar-refractivity contribution is 6.12. The van der Waals surface area contributed by atoms with Crippen LogP contribution in [0.25, 0.3) is 0 Å². The van der Waals surface area contributed by atoms with Crippen molar-refractivity contribution in [3.63, 3.8) is 0 Å². The molecule has 0 fully saturated rings. The smallest absolute Gasteiger partial charge is 0.227 e. The van der Waals surface area contributed by atoms with Gasteiger partial charge in [0.15, 0.2) is 0 Å². The molecule has 0 unspecified atom stereocenters. The van der Waals surface area contributed by atoms with Crippen molar-refractivity contribution in [2.24, 2.45) is 0 Å². The van der Waals surface area contributed by atoms with Gasteiger partial charge in [0, 0.05) is 0 Å². The van der Waals surface area contributed by atoms with Gasteiger partial charge in [-0.3, -0.25) is 0 Å². The van der Waals surface area contributed by atoms with E-state index in [9.17, 15) is 17.3 Å². The molecule has 0 aromatic rings. The maximum atomic E-state index is 9.61. The van der Waals surface area contributed by atoms with Gasteiger partial charge in [0.25, 0.3) is 0 Å². The van der Waals surface area contributed by atoms with Crippen LogP contribution in [0.2, 0.25) is 0 Å². The van der Waals surface area contributed by atoms with Crippen LogP contribution < -0.4 is 20.1 Å². The second-order valence-electron chi connectivity index (χ2n) is 23.0. The summed E-state index contributed by atoms with van der Waals surface area (Å²) in [5.74, 6) is 0. The maximum Gasteiger partial charge on any atom is 0.227 e. The van der Waals surface area contributed by atoms with Crippen molar-refractivity contribution in [1.29, 1.82) is 0 Å². The van der Waals surface area contributed by atoms with E-state index in [1.165, 1.54) is 328 Å². The topological polar surface area (TPSA) is 92.2 Å². The van der Waals surface area contributed by atoms with Crippen molar-refractivity contribution in [2.75, 3.05) is 105 Å². The Morgan fingerprint density at radius 2 is 0.225 bits per heavy atom. The molecule has 0 bridgehead atoms. The van der Waals surface area contributed by atoms with Crippen molar-refractivity contribution in [3.05, 3.63) is 0 Å². The van der Waals surface area contributed by atoms with Gasteiger partial charge in [0.05, 0.1) is 105 Å². The van der Waals surface area contributed by atoms with Gasteiger partial charge in [-0.2, -0.15) is 0 Å². The first-order chi connectivity index (χ1) is 38.6. The molecule has 0 spiro atoms. The van der Waals surface area contributed by atoms with Gasteiger partial charge >= 0.3 is 0 Å². The molecule has 0 saturated heterocycles. The summed E-state index contributed by atoms with van der Waals surface area (Å²) in [5, 5.41) is 32.6. The average Bonchev–Trinajstić information content (AvgIpc) is 3.47. The van der Waals surface area contributed by atoms with E-state index < -0.39 is 31.0 Å². The SMILES string of the molecule is CCCC[N+](CCCC)(CCCC)CCCC.CCCC[N+](CCCC)(CCCC)CCCC.CCCC[N+](CCCC)(CCCC)CCCC.CCCC[N+](CCCC)(CCCC)CCCC.[O-][B]F.[O-][B]F.[O-][B]F.[O-][B]F. The number of hydrogen-bond donors (Lipinski definition) is 0. The fourth-order valence-electron chi connectivity index (χ4n) is 10.6. The normalized spacial score (nSPS) is 10.9. The van der Waals surface area contributed by atoms with E-state index in [4.69, 9.17) is 20.1 Å². The summed E-state index contributed by atoms with van der Waals surface area (Å²) < 4.78 is 44.1. The van der Waals surface area contributed by atoms with Crippen LogP contribution in [-0.4, -0.2) is 154 Å². The Hall–Kier alpha value is -0.340. The maximum absolute atomic E-state index is 9.61. The predicted octanol–water partition coefficient (Wildman–Crippen LogP) is 15.4. The Bertz CT molecular complexity index is 729. The number of quaternary nitrogens is 4. The Morgan fingerprint density at radius 3 is 0.263 bits per heavy atom. The fraction of sp³-hybridized carbons (Fsp3) is 1.00. The van der Waals surface area contributed by atoms with Crippen LogP contribution in [0.5, 0.6) is 0 Å². The van der Waals surface area contributed by atoms with Gasteiger partial charge in [-0.1, -0.05) is 214 Å². The highest BCUT2D eigenvalue weighted by Gasteiger charge is 2.28. The summed E-state index contributed by atoms with van der Waals surface area (Å²) in [4.78, 5) is 0. The molecule has 0 aromatic carbocycles. The number of unbranched alkanes of at least 4 members (excludes halogenated alkanes) is 16. The first kappa shape index (κ1) is 96.0. The zero-order valence-electron chi connectivity index (χ0n) is 57.2. The number of rotatable bonds is 48. The first-order valence-electron chi connectivity index (χ1n) is 34.2. The van der Waals surface area contributed by atoms with Crippen LogP contribution in [-0.2, 0) is 0 Å². The van der Waals surface area contributed by atoms with E-state index >= 15 is 0 Å². The van der Waals surface area contributed by atoms with Gasteiger partial charge in [-0.05, 0) is 103 Å². The average molecular weight is 1150 g/mol. The van der Waals surface area contributed by atoms with Gasteiger partial charge in [0.1, 0.15) is 0 Å². The van der Waals surface area contributed by atoms with Gasteiger partial charge in [-0.15, -0.1) is 0 Å². The van der Waals surface area contributed by atoms with Crippen molar-refractivity contribution in [2.45, 2.75) is 316 Å². The van der Waals surface area contributed by atoms with E-state index in [1.54, 1.807) is 0 Å². The Balaban J connectivity index is -0.000000134. The monoisotopic (exact) mass is 1150 g/mol. The lowest BCUT2D eigenvalue weighted by Gasteiger charge is -2.39. The summed E-state index contributed by atoms with van der Waals surface area (Å²) in [7, 11) is -3.00. The lowest BCUT2D eigenvalue weighted by molar-refractivity contribution is -0.929. The van der Waals surface area contributed by atoms with Crippen LogP contribution in [0.1, 0.15) is 316 Å². The minimum atomic E-state index is -0.750. The molecule has 4 radical (unpaired) electrons. The molecular weight excluding hydrogens is 1010 g/mol. The van der Waals surface area contributed by atoms with Crippen LogP contribution in [0.4, 0.5) is 17.3 Å². The van der Waals surface area contributed by atoms with Crippen LogP contribution in [0.15, 0.2) is 0 Å². The van der Waals surface area contributed by atoms with E-state index in [1.807, 2.05) is 0 Å². The first-order valence-corrected chi connectivity index (χ1v) is 34.2. The van der Waals surface area contributed by atoms with Gasteiger partial charge in [-0.25, -0.2) is 0 Å². The second kappa shape index (κ2) is 82.9. The number of hydrogen-bond acceptors (Lipinski definition) is 4. The van der Waals surface area contributed by atoms with Crippen LogP contribution in [0.3, 0.4) is 0 Å². The Morgan fingerprint density at radius 1 is 0.175 bits per heavy atom. The van der Waals surface area contributed by atoms with E-state index in [-0.39, 0.29) is 0 Å². The van der Waals surface area contributed by atoms with E-state index in [0.717, 1.165) is 0 Å². The molecule has 484 valence electrons. The molecule has 0 N–H and O–H groups in total. The number of halogens is 4. The molecule has 0 heterocycles. The second-order valence-corrected chi connectivity index (χ2v) is 23.0. The molecule has 0 aliphatic rings. The third-order valence-corrected chi connectivity index (χ3v) is 15.8. The highest BCUT2D eigenvalue weighted by Crippen LogP contribution is 2.20. The summed E-state index contributed by atoms with van der Waals surface area (Å²) >= 11 is 0. The van der Waals surface area contributed by atoms with E-state index in [2.05, 4.69) is 111 Å². The summed E-state index contributed by atoms with van der Waals surface area (Å²) in [6.45, 7) is 60.1. The van der Waals surface area contributed by atoms with Crippen molar-refractivity contribution >= 4 is 31.0 Å². The van der Waals surface area contributed by atoms with Crippen LogP contribution >= 0.6 is 0 Å². The molecule has 0 aliphatic carbocycles. The van der Waals surface area contributed by atoms with Crippen molar-refractivity contribution in [1.82, 2.24) is 0 Å². The molecule has 16 heteroatoms. The minimum Gasteiger partial charge on any atom is -0.857 e. The quantitative estimate of drug-likeness (QED) is 0.0345. The lowest BCUT2D eigenvalue weighted by atomic mass is 10.1. The summed E-state index contributed by atoms with van der Waals surface area (Å²) in [6, 6.07) is 0. The molecule has 0 atom stereocenters. The molecular formula is C64H144B4F4N4O4. The zero-order chi connectivity index (χ0) is 62.8. The van der Waals surface area contributed by atoms with Gasteiger partial charge < -0.3 is 55.3 Å². The molecule has 0 rings (SSSR count). The molecule has 80 heavy (non-hydrogen) atoms. The molecule has 8 nitrogen and oxygen atoms in total. The van der Waals surface area contributed by atoms with Gasteiger partial charge in [0.2, 0.25) is 31.0 Å². The minimum absolute atomic E-state index is 0.750. The highest BCUT2D eigenvalue weighted by atomic mass is 19.1. The molecule has 0 aromatic heterocycles. The lowest BCUT2D eigenvalue weighted by Crippen LogP contribution is -2.50. The predicted molar refractivity (Wildman–Crippen MR) is 345 cm³/mol. The van der Waals surface area contributed by atoms with E-state index in [0.29, 0.717) is 0 Å². The standard InChI is InChI=1S/4C16H36N.4BFO/c4*1-5-9-13-17(14-10-6-2,15-11-7-3)16-12-8-4;4*2-1-3/h4*5-16H2,1-4H3;;;;/q4*+1;4*-1. The fourth-order valence-corrected chi connectivity index (χ4v) is 10.6. The molecule has 0 saturated carbocycles.